The summed E-state index contributed by atoms with van der Waals surface area (Å²) in [4.78, 5) is 45.2. The molecular weight excluding hydrogens is 516 g/mol. The van der Waals surface area contributed by atoms with Crippen LogP contribution in [-0.4, -0.2) is 93.1 Å². The summed E-state index contributed by atoms with van der Waals surface area (Å²) in [5.41, 5.74) is 4.89. The summed E-state index contributed by atoms with van der Waals surface area (Å²) < 4.78 is 0. The molecule has 5 rings (SSSR count). The van der Waals surface area contributed by atoms with E-state index in [1.165, 1.54) is 4.90 Å². The highest BCUT2D eigenvalue weighted by Gasteiger charge is 2.64. The molecule has 1 heterocycles. The Labute approximate surface area is 233 Å². The average Bonchev–Trinajstić information content (AvgIpc) is 3.27. The van der Waals surface area contributed by atoms with Crippen molar-refractivity contribution < 1.29 is 34.8 Å². The van der Waals surface area contributed by atoms with Crippen LogP contribution in [-0.2, 0) is 33.9 Å². The van der Waals surface area contributed by atoms with Gasteiger partial charge in [0, 0.05) is 55.5 Å². The minimum absolute atomic E-state index is 0.0601. The SMILES string of the molecule is CN(C)c1c2c(c(O)c3c1C[C@H]1C[C@H]4[C@H](N(C)C)C(=O)C(C(N)=O)=C(O)[C@@]4(O)C(=O)C1=C3O)CN(C(C)(C)C)C2. The van der Waals surface area contributed by atoms with Crippen molar-refractivity contribution in [2.24, 2.45) is 17.6 Å². The van der Waals surface area contributed by atoms with E-state index in [-0.39, 0.29) is 35.3 Å². The molecule has 3 aliphatic carbocycles. The van der Waals surface area contributed by atoms with E-state index in [0.29, 0.717) is 24.2 Å². The molecule has 4 aliphatic rings. The minimum Gasteiger partial charge on any atom is -0.508 e. The van der Waals surface area contributed by atoms with Gasteiger partial charge in [0.05, 0.1) is 11.6 Å². The third-order valence-electron chi connectivity index (χ3n) is 9.17. The van der Waals surface area contributed by atoms with Crippen LogP contribution in [0, 0.1) is 11.8 Å². The number of aliphatic hydroxyl groups excluding tert-OH is 2. The molecule has 1 aromatic carbocycles. The molecule has 0 radical (unpaired) electrons. The van der Waals surface area contributed by atoms with E-state index in [9.17, 15) is 34.8 Å². The Morgan fingerprint density at radius 2 is 1.62 bits per heavy atom. The first kappa shape index (κ1) is 28.1. The molecule has 1 saturated carbocycles. The van der Waals surface area contributed by atoms with Crippen molar-refractivity contribution in [3.63, 3.8) is 0 Å². The summed E-state index contributed by atoms with van der Waals surface area (Å²) in [5, 5.41) is 46.0. The van der Waals surface area contributed by atoms with Gasteiger partial charge in [0.1, 0.15) is 22.8 Å². The van der Waals surface area contributed by atoms with Gasteiger partial charge in [-0.15, -0.1) is 0 Å². The van der Waals surface area contributed by atoms with Gasteiger partial charge < -0.3 is 31.1 Å². The predicted octanol–water partition coefficient (Wildman–Crippen LogP) is 1.14. The lowest BCUT2D eigenvalue weighted by Gasteiger charge is -2.50. The van der Waals surface area contributed by atoms with Crippen molar-refractivity contribution in [2.75, 3.05) is 33.1 Å². The zero-order valence-electron chi connectivity index (χ0n) is 24.0. The van der Waals surface area contributed by atoms with Crippen molar-refractivity contribution in [3.05, 3.63) is 39.2 Å². The molecule has 40 heavy (non-hydrogen) atoms. The summed E-state index contributed by atoms with van der Waals surface area (Å²) in [7, 11) is 6.95. The molecule has 1 fully saturated rings. The van der Waals surface area contributed by atoms with Crippen LogP contribution >= 0.6 is 0 Å². The fraction of sp³-hybridized carbons (Fsp3) is 0.552. The fourth-order valence-corrected chi connectivity index (χ4v) is 7.26. The number of fused-ring (bicyclic) bond motifs is 4. The summed E-state index contributed by atoms with van der Waals surface area (Å²) in [6.07, 6.45) is 0.322. The summed E-state index contributed by atoms with van der Waals surface area (Å²) >= 11 is 0. The van der Waals surface area contributed by atoms with Crippen LogP contribution in [0.25, 0.3) is 5.76 Å². The molecule has 11 nitrogen and oxygen atoms in total. The van der Waals surface area contributed by atoms with Gasteiger partial charge in [0.15, 0.2) is 11.4 Å². The van der Waals surface area contributed by atoms with E-state index in [2.05, 4.69) is 25.7 Å². The Balaban J connectivity index is 1.75. The number of amides is 1. The Hall–Kier alpha value is -3.41. The number of Topliss-reactive ketones (excluding diaryl/α,β-unsaturated/α-hetero) is 2. The highest BCUT2D eigenvalue weighted by atomic mass is 16.3. The lowest BCUT2D eigenvalue weighted by atomic mass is 9.57. The quantitative estimate of drug-likeness (QED) is 0.342. The number of aliphatic hydroxyl groups is 3. The number of aromatic hydroxyl groups is 1. The first-order valence-electron chi connectivity index (χ1n) is 13.4. The monoisotopic (exact) mass is 554 g/mol. The van der Waals surface area contributed by atoms with Crippen LogP contribution in [0.5, 0.6) is 5.75 Å². The van der Waals surface area contributed by atoms with Crippen molar-refractivity contribution >= 4 is 28.9 Å². The number of hydrogen-bond acceptors (Lipinski definition) is 10. The van der Waals surface area contributed by atoms with Crippen LogP contribution in [0.4, 0.5) is 5.69 Å². The minimum atomic E-state index is -2.65. The standard InChI is InChI=1S/C29H38N4O7/c1-28(2,3)33-10-14-15(11-33)22(34)18-13(20(14)31(4)5)8-12-9-16-21(32(6)7)24(36)19(27(30)39)26(38)29(16,40)25(37)17(12)23(18)35/h12,16,21,34-35,38,40H,8-11H2,1-7H3,(H2,30,39)/t12-,16-,21-,29-/m0/s1. The number of carbonyl (C=O) groups excluding carboxylic acids is 3. The molecule has 0 spiro atoms. The average molecular weight is 555 g/mol. The summed E-state index contributed by atoms with van der Waals surface area (Å²) in [5.74, 6) is -6.41. The molecule has 0 bridgehead atoms. The zero-order valence-corrected chi connectivity index (χ0v) is 24.0. The molecule has 11 heteroatoms. The van der Waals surface area contributed by atoms with E-state index in [1.54, 1.807) is 14.1 Å². The second-order valence-corrected chi connectivity index (χ2v) is 12.9. The first-order valence-corrected chi connectivity index (χ1v) is 13.4. The van der Waals surface area contributed by atoms with Crippen LogP contribution in [0.1, 0.15) is 49.4 Å². The number of rotatable bonds is 3. The summed E-state index contributed by atoms with van der Waals surface area (Å²) in [6.45, 7) is 7.31. The van der Waals surface area contributed by atoms with Gasteiger partial charge in [-0.05, 0) is 64.8 Å². The van der Waals surface area contributed by atoms with E-state index < -0.39 is 58.0 Å². The van der Waals surface area contributed by atoms with Crippen LogP contribution in [0.3, 0.4) is 0 Å². The number of likely N-dealkylation sites (N-methyl/N-ethyl adjacent to an activating group) is 1. The Kier molecular flexibility index (Phi) is 6.18. The second kappa shape index (κ2) is 8.79. The second-order valence-electron chi connectivity index (χ2n) is 12.9. The number of anilines is 1. The van der Waals surface area contributed by atoms with E-state index in [1.807, 2.05) is 19.0 Å². The number of phenols is 1. The van der Waals surface area contributed by atoms with Crippen molar-refractivity contribution in [1.29, 1.82) is 0 Å². The van der Waals surface area contributed by atoms with Gasteiger partial charge >= 0.3 is 0 Å². The highest BCUT2D eigenvalue weighted by molar-refractivity contribution is 6.24. The summed E-state index contributed by atoms with van der Waals surface area (Å²) in [6, 6.07) is -1.11. The van der Waals surface area contributed by atoms with Crippen LogP contribution in [0.15, 0.2) is 16.9 Å². The van der Waals surface area contributed by atoms with E-state index in [0.717, 1.165) is 11.3 Å². The maximum Gasteiger partial charge on any atom is 0.255 e. The van der Waals surface area contributed by atoms with Gasteiger partial charge in [-0.25, -0.2) is 0 Å². The Bertz CT molecular complexity index is 1430. The first-order chi connectivity index (χ1) is 18.4. The number of primary amides is 1. The maximum atomic E-state index is 14.1. The molecule has 4 atom stereocenters. The number of nitrogens with zero attached hydrogens (tertiary/aromatic N) is 3. The highest BCUT2D eigenvalue weighted by Crippen LogP contribution is 2.55. The molecule has 216 valence electrons. The number of nitrogens with two attached hydrogens (primary N) is 1. The third-order valence-corrected chi connectivity index (χ3v) is 9.17. The van der Waals surface area contributed by atoms with E-state index >= 15 is 0 Å². The van der Waals surface area contributed by atoms with Gasteiger partial charge in [-0.1, -0.05) is 0 Å². The van der Waals surface area contributed by atoms with E-state index in [4.69, 9.17) is 5.73 Å². The molecule has 1 aromatic rings. The molecule has 6 N–H and O–H groups in total. The predicted molar refractivity (Wildman–Crippen MR) is 148 cm³/mol. The maximum absolute atomic E-state index is 14.1. The van der Waals surface area contributed by atoms with Crippen LogP contribution in [0.2, 0.25) is 0 Å². The third kappa shape index (κ3) is 3.57. The Morgan fingerprint density at radius 1 is 1.02 bits per heavy atom. The molecule has 0 saturated heterocycles. The van der Waals surface area contributed by atoms with Gasteiger partial charge in [-0.2, -0.15) is 0 Å². The zero-order chi connectivity index (χ0) is 29.8. The molecule has 1 aliphatic heterocycles. The number of hydrogen-bond donors (Lipinski definition) is 5. The van der Waals surface area contributed by atoms with Crippen molar-refractivity contribution in [1.82, 2.24) is 9.80 Å². The largest absolute Gasteiger partial charge is 0.508 e. The molecule has 0 unspecified atom stereocenters. The van der Waals surface area contributed by atoms with Crippen molar-refractivity contribution in [3.8, 4) is 5.75 Å². The van der Waals surface area contributed by atoms with Gasteiger partial charge in [-0.3, -0.25) is 24.2 Å². The van der Waals surface area contributed by atoms with Gasteiger partial charge in [0.25, 0.3) is 5.91 Å². The number of ketones is 2. The molecule has 1 amide bonds. The number of benzene rings is 1. The van der Waals surface area contributed by atoms with Crippen molar-refractivity contribution in [2.45, 2.75) is 63.9 Å². The smallest absolute Gasteiger partial charge is 0.255 e. The fourth-order valence-electron chi connectivity index (χ4n) is 7.26. The topological polar surface area (TPSA) is 168 Å². The Morgan fingerprint density at radius 3 is 2.15 bits per heavy atom. The normalized spacial score (nSPS) is 28.5. The molecular formula is C29H38N4O7. The lowest BCUT2D eigenvalue weighted by Crippen LogP contribution is -2.65. The van der Waals surface area contributed by atoms with Gasteiger partial charge in [0.2, 0.25) is 5.78 Å². The number of carbonyl (C=O) groups is 3. The number of phenolic OH excluding ortho intramolecular Hbond substituents is 1. The van der Waals surface area contributed by atoms with Crippen LogP contribution < -0.4 is 10.6 Å². The lowest BCUT2D eigenvalue weighted by molar-refractivity contribution is -0.153. The molecule has 0 aromatic heterocycles.